The van der Waals surface area contributed by atoms with E-state index in [0.29, 0.717) is 0 Å². The van der Waals surface area contributed by atoms with Crippen molar-refractivity contribution in [3.8, 4) is 0 Å². The van der Waals surface area contributed by atoms with Crippen LogP contribution in [0.2, 0.25) is 0 Å². The predicted octanol–water partition coefficient (Wildman–Crippen LogP) is 5.53. The fraction of sp³-hybridized carbons (Fsp3) is 0.591. The number of aryl methyl sites for hydroxylation is 2. The van der Waals surface area contributed by atoms with E-state index in [1.54, 1.807) is 0 Å². The first-order valence-electron chi connectivity index (χ1n) is 9.96. The molecule has 0 N–H and O–H groups in total. The van der Waals surface area contributed by atoms with Gasteiger partial charge in [0.05, 0.1) is 19.5 Å². The van der Waals surface area contributed by atoms with E-state index in [1.165, 1.54) is 62.8 Å². The van der Waals surface area contributed by atoms with Crippen LogP contribution in [0.4, 0.5) is 0 Å². The van der Waals surface area contributed by atoms with E-state index in [4.69, 9.17) is 0 Å². The van der Waals surface area contributed by atoms with E-state index >= 15 is 0 Å². The fourth-order valence-corrected chi connectivity index (χ4v) is 3.28. The molecule has 1 aromatic heterocycles. The van der Waals surface area contributed by atoms with E-state index in [9.17, 15) is 0 Å². The average molecular weight is 328 g/mol. The first kappa shape index (κ1) is 18.8. The lowest BCUT2D eigenvalue weighted by Gasteiger charge is -2.06. The Morgan fingerprint density at radius 3 is 2.29 bits per heavy atom. The van der Waals surface area contributed by atoms with Gasteiger partial charge in [-0.2, -0.15) is 0 Å². The van der Waals surface area contributed by atoms with Crippen molar-refractivity contribution in [2.45, 2.75) is 84.7 Å². The molecule has 0 bridgehead atoms. The lowest BCUT2D eigenvalue weighted by molar-refractivity contribution is -0.703. The van der Waals surface area contributed by atoms with Crippen LogP contribution in [0.15, 0.2) is 42.7 Å². The van der Waals surface area contributed by atoms with Crippen molar-refractivity contribution in [3.63, 3.8) is 0 Å². The fourth-order valence-electron chi connectivity index (χ4n) is 3.28. The molecule has 0 saturated heterocycles. The summed E-state index contributed by atoms with van der Waals surface area (Å²) in [6, 6.07) is 10.9. The summed E-state index contributed by atoms with van der Waals surface area (Å²) in [5.41, 5.74) is 1.41. The third-order valence-electron chi connectivity index (χ3n) is 4.80. The molecular formula is C22H35N2+. The Morgan fingerprint density at radius 2 is 1.54 bits per heavy atom. The van der Waals surface area contributed by atoms with Gasteiger partial charge in [-0.15, -0.1) is 0 Å². The molecule has 2 heteroatoms. The molecule has 2 nitrogen and oxygen atoms in total. The zero-order chi connectivity index (χ0) is 17.0. The smallest absolute Gasteiger partial charge is 0.234 e. The molecule has 132 valence electrons. The lowest BCUT2D eigenvalue weighted by Crippen LogP contribution is -2.37. The summed E-state index contributed by atoms with van der Waals surface area (Å²) in [7, 11) is 0. The highest BCUT2D eigenvalue weighted by atomic mass is 15.1. The van der Waals surface area contributed by atoms with Crippen molar-refractivity contribution in [2.75, 3.05) is 0 Å². The Kier molecular flexibility index (Phi) is 8.65. The predicted molar refractivity (Wildman–Crippen MR) is 102 cm³/mol. The highest BCUT2D eigenvalue weighted by molar-refractivity contribution is 5.18. The summed E-state index contributed by atoms with van der Waals surface area (Å²) >= 11 is 0. The van der Waals surface area contributed by atoms with Crippen molar-refractivity contribution in [1.82, 2.24) is 4.57 Å². The number of hydrogen-bond donors (Lipinski definition) is 0. The van der Waals surface area contributed by atoms with Crippen molar-refractivity contribution in [2.24, 2.45) is 0 Å². The maximum atomic E-state index is 2.49. The van der Waals surface area contributed by atoms with Gasteiger partial charge in [-0.05, 0) is 24.8 Å². The maximum absolute atomic E-state index is 2.49. The van der Waals surface area contributed by atoms with Crippen molar-refractivity contribution < 1.29 is 4.57 Å². The van der Waals surface area contributed by atoms with E-state index in [0.717, 1.165) is 19.5 Å². The Hall–Kier alpha value is -1.57. The monoisotopic (exact) mass is 327 g/mol. The lowest BCUT2D eigenvalue weighted by atomic mass is 10.1. The first-order valence-corrected chi connectivity index (χ1v) is 9.96. The Labute approximate surface area is 148 Å². The number of nitrogens with zero attached hydrogens (tertiary/aromatic N) is 2. The number of benzene rings is 1. The highest BCUT2D eigenvalue weighted by Gasteiger charge is 2.17. The van der Waals surface area contributed by atoms with Crippen LogP contribution in [-0.4, -0.2) is 4.57 Å². The highest BCUT2D eigenvalue weighted by Crippen LogP contribution is 2.10. The minimum atomic E-state index is 1.04. The van der Waals surface area contributed by atoms with Crippen LogP contribution in [0.1, 0.15) is 76.6 Å². The molecule has 0 fully saturated rings. The molecule has 0 atom stereocenters. The molecule has 0 spiro atoms. The zero-order valence-corrected chi connectivity index (χ0v) is 15.7. The summed E-state index contributed by atoms with van der Waals surface area (Å²) in [4.78, 5) is 0. The third-order valence-corrected chi connectivity index (χ3v) is 4.80. The SMILES string of the molecule is CCCCCCCC[n+]1ccn(CCCC)c1Cc1ccccc1. The number of hydrogen-bond acceptors (Lipinski definition) is 0. The molecule has 24 heavy (non-hydrogen) atoms. The summed E-state index contributed by atoms with van der Waals surface area (Å²) in [5.74, 6) is 1.46. The Bertz CT molecular complexity index is 557. The molecule has 0 unspecified atom stereocenters. The summed E-state index contributed by atoms with van der Waals surface area (Å²) in [6.45, 7) is 6.85. The largest absolute Gasteiger partial charge is 0.260 e. The van der Waals surface area contributed by atoms with Crippen molar-refractivity contribution in [3.05, 3.63) is 54.1 Å². The summed E-state index contributed by atoms with van der Waals surface area (Å²) in [6.07, 6.45) is 16.3. The van der Waals surface area contributed by atoms with Gasteiger partial charge < -0.3 is 0 Å². The molecule has 0 aliphatic carbocycles. The van der Waals surface area contributed by atoms with E-state index in [-0.39, 0.29) is 0 Å². The third kappa shape index (κ3) is 6.14. The Morgan fingerprint density at radius 1 is 0.833 bits per heavy atom. The molecule has 0 aliphatic rings. The van der Waals surface area contributed by atoms with Gasteiger partial charge in [0.1, 0.15) is 12.4 Å². The molecular weight excluding hydrogens is 292 g/mol. The van der Waals surface area contributed by atoms with Crippen LogP contribution in [0.5, 0.6) is 0 Å². The van der Waals surface area contributed by atoms with Crippen LogP contribution >= 0.6 is 0 Å². The van der Waals surface area contributed by atoms with E-state index < -0.39 is 0 Å². The molecule has 1 aromatic carbocycles. The number of unbranched alkanes of at least 4 members (excludes halogenated alkanes) is 6. The van der Waals surface area contributed by atoms with Gasteiger partial charge >= 0.3 is 0 Å². The molecule has 0 radical (unpaired) electrons. The minimum Gasteiger partial charge on any atom is -0.234 e. The van der Waals surface area contributed by atoms with Crippen LogP contribution in [-0.2, 0) is 19.5 Å². The maximum Gasteiger partial charge on any atom is 0.260 e. The van der Waals surface area contributed by atoms with Gasteiger partial charge in [-0.25, -0.2) is 9.13 Å². The molecule has 0 amide bonds. The first-order chi connectivity index (χ1) is 11.8. The van der Waals surface area contributed by atoms with Crippen LogP contribution in [0.3, 0.4) is 0 Å². The standard InChI is InChI=1S/C22H35N2/c1-3-5-7-8-9-13-17-24-19-18-23(16-6-4-2)22(24)20-21-14-11-10-12-15-21/h10-12,14-15,18-19H,3-9,13,16-17,20H2,1-2H3/q+1. The van der Waals surface area contributed by atoms with Crippen LogP contribution < -0.4 is 4.57 Å². The van der Waals surface area contributed by atoms with Gasteiger partial charge in [0.15, 0.2) is 0 Å². The van der Waals surface area contributed by atoms with E-state index in [1.807, 2.05) is 0 Å². The molecule has 2 aromatic rings. The van der Waals surface area contributed by atoms with E-state index in [2.05, 4.69) is 65.7 Å². The van der Waals surface area contributed by atoms with Crippen LogP contribution in [0, 0.1) is 0 Å². The number of imidazole rings is 1. The van der Waals surface area contributed by atoms with Gasteiger partial charge in [-0.1, -0.05) is 76.3 Å². The molecule has 1 heterocycles. The molecule has 2 rings (SSSR count). The molecule has 0 aliphatic heterocycles. The van der Waals surface area contributed by atoms with Crippen molar-refractivity contribution >= 4 is 0 Å². The second-order valence-corrected chi connectivity index (χ2v) is 6.88. The second kappa shape index (κ2) is 11.1. The quantitative estimate of drug-likeness (QED) is 0.358. The van der Waals surface area contributed by atoms with Gasteiger partial charge in [-0.3, -0.25) is 0 Å². The Balaban J connectivity index is 1.97. The number of aromatic nitrogens is 2. The summed E-state index contributed by atoms with van der Waals surface area (Å²) in [5, 5.41) is 0. The van der Waals surface area contributed by atoms with Gasteiger partial charge in [0, 0.05) is 0 Å². The second-order valence-electron chi connectivity index (χ2n) is 6.88. The topological polar surface area (TPSA) is 8.81 Å². The number of rotatable bonds is 12. The van der Waals surface area contributed by atoms with Gasteiger partial charge in [0.25, 0.3) is 5.82 Å². The van der Waals surface area contributed by atoms with Crippen molar-refractivity contribution in [1.29, 1.82) is 0 Å². The molecule has 0 saturated carbocycles. The van der Waals surface area contributed by atoms with Crippen LogP contribution in [0.25, 0.3) is 0 Å². The van der Waals surface area contributed by atoms with Gasteiger partial charge in [0.2, 0.25) is 0 Å². The minimum absolute atomic E-state index is 1.04. The average Bonchev–Trinajstić information content (AvgIpc) is 2.99. The zero-order valence-electron chi connectivity index (χ0n) is 15.7. The normalized spacial score (nSPS) is 11.1. The summed E-state index contributed by atoms with van der Waals surface area (Å²) < 4.78 is 4.95.